The van der Waals surface area contributed by atoms with Gasteiger partial charge in [-0.3, -0.25) is 0 Å². The average Bonchev–Trinajstić information content (AvgIpc) is 2.84. The van der Waals surface area contributed by atoms with Gasteiger partial charge < -0.3 is 10.1 Å². The molecule has 0 radical (unpaired) electrons. The Hall–Kier alpha value is -1.00. The van der Waals surface area contributed by atoms with Gasteiger partial charge in [0.15, 0.2) is 5.82 Å². The Morgan fingerprint density at radius 2 is 2.25 bits per heavy atom. The van der Waals surface area contributed by atoms with Gasteiger partial charge in [0.2, 0.25) is 0 Å². The molecule has 0 saturated carbocycles. The highest BCUT2D eigenvalue weighted by atomic mass is 16.5. The van der Waals surface area contributed by atoms with Gasteiger partial charge >= 0.3 is 0 Å². The summed E-state index contributed by atoms with van der Waals surface area (Å²) in [5.41, 5.74) is 1.13. The van der Waals surface area contributed by atoms with Gasteiger partial charge in [0.05, 0.1) is 0 Å². The van der Waals surface area contributed by atoms with Crippen LogP contribution in [0.1, 0.15) is 43.7 Å². The van der Waals surface area contributed by atoms with E-state index >= 15 is 0 Å². The molecule has 0 spiro atoms. The van der Waals surface area contributed by atoms with E-state index in [9.17, 15) is 0 Å². The molecule has 1 aliphatic heterocycles. The molecule has 1 fully saturated rings. The Morgan fingerprint density at radius 1 is 1.44 bits per heavy atom. The van der Waals surface area contributed by atoms with Gasteiger partial charge in [-0.15, -0.1) is 0 Å². The standard InChI is InChI=1S/C12H19N3O/c1-2-5-13-7-10-8-14-12(15-9-10)11-4-3-6-16-11/h8-9,11,13H,2-7H2,1H3. The summed E-state index contributed by atoms with van der Waals surface area (Å²) in [7, 11) is 0. The Bertz CT molecular complexity index is 307. The van der Waals surface area contributed by atoms with E-state index in [1.807, 2.05) is 12.4 Å². The van der Waals surface area contributed by atoms with Gasteiger partial charge in [0, 0.05) is 31.1 Å². The lowest BCUT2D eigenvalue weighted by Gasteiger charge is -2.08. The first-order valence-corrected chi connectivity index (χ1v) is 6.03. The number of aromatic nitrogens is 2. The molecule has 1 aromatic rings. The number of nitrogens with one attached hydrogen (secondary N) is 1. The van der Waals surface area contributed by atoms with Crippen LogP contribution in [-0.4, -0.2) is 23.1 Å². The van der Waals surface area contributed by atoms with Crippen molar-refractivity contribution >= 4 is 0 Å². The fourth-order valence-electron chi connectivity index (χ4n) is 1.81. The van der Waals surface area contributed by atoms with Crippen molar-refractivity contribution in [3.63, 3.8) is 0 Å². The molecular formula is C12H19N3O. The lowest BCUT2D eigenvalue weighted by molar-refractivity contribution is 0.105. The van der Waals surface area contributed by atoms with E-state index in [0.717, 1.165) is 50.3 Å². The second-order valence-electron chi connectivity index (χ2n) is 4.13. The third kappa shape index (κ3) is 3.00. The van der Waals surface area contributed by atoms with Gasteiger partial charge in [0.25, 0.3) is 0 Å². The van der Waals surface area contributed by atoms with Crippen molar-refractivity contribution < 1.29 is 4.74 Å². The van der Waals surface area contributed by atoms with Gasteiger partial charge in [-0.05, 0) is 25.8 Å². The van der Waals surface area contributed by atoms with E-state index in [1.54, 1.807) is 0 Å². The predicted molar refractivity (Wildman–Crippen MR) is 62.0 cm³/mol. The van der Waals surface area contributed by atoms with E-state index in [1.165, 1.54) is 0 Å². The minimum atomic E-state index is 0.123. The average molecular weight is 221 g/mol. The molecule has 2 rings (SSSR count). The maximum Gasteiger partial charge on any atom is 0.157 e. The van der Waals surface area contributed by atoms with Gasteiger partial charge in [-0.25, -0.2) is 9.97 Å². The van der Waals surface area contributed by atoms with Crippen molar-refractivity contribution in [3.05, 3.63) is 23.8 Å². The van der Waals surface area contributed by atoms with Crippen LogP contribution in [0.25, 0.3) is 0 Å². The molecule has 0 amide bonds. The lowest BCUT2D eigenvalue weighted by atomic mass is 10.2. The fraction of sp³-hybridized carbons (Fsp3) is 0.667. The summed E-state index contributed by atoms with van der Waals surface area (Å²) in [6.07, 6.45) is 7.23. The van der Waals surface area contributed by atoms with Crippen LogP contribution in [0, 0.1) is 0 Å². The minimum Gasteiger partial charge on any atom is -0.370 e. The smallest absolute Gasteiger partial charge is 0.157 e. The molecule has 4 nitrogen and oxygen atoms in total. The molecule has 2 heterocycles. The summed E-state index contributed by atoms with van der Waals surface area (Å²) in [6, 6.07) is 0. The SMILES string of the molecule is CCCNCc1cnc(C2CCCO2)nc1. The Morgan fingerprint density at radius 3 is 2.88 bits per heavy atom. The zero-order chi connectivity index (χ0) is 11.2. The molecule has 88 valence electrons. The number of ether oxygens (including phenoxy) is 1. The summed E-state index contributed by atoms with van der Waals surface area (Å²) >= 11 is 0. The highest BCUT2D eigenvalue weighted by Crippen LogP contribution is 2.25. The van der Waals surface area contributed by atoms with Crippen LogP contribution >= 0.6 is 0 Å². The van der Waals surface area contributed by atoms with Crippen molar-refractivity contribution in [2.24, 2.45) is 0 Å². The molecule has 1 atom stereocenters. The molecule has 1 aliphatic rings. The Labute approximate surface area is 96.4 Å². The molecule has 0 aliphatic carbocycles. The Kier molecular flexibility index (Phi) is 4.25. The normalized spacial score (nSPS) is 20.2. The molecule has 4 heteroatoms. The zero-order valence-corrected chi connectivity index (χ0v) is 9.78. The first-order chi connectivity index (χ1) is 7.90. The van der Waals surface area contributed by atoms with Crippen LogP contribution in [0.4, 0.5) is 0 Å². The highest BCUT2D eigenvalue weighted by Gasteiger charge is 2.19. The van der Waals surface area contributed by atoms with Crippen LogP contribution in [0.15, 0.2) is 12.4 Å². The number of nitrogens with zero attached hydrogens (tertiary/aromatic N) is 2. The van der Waals surface area contributed by atoms with Crippen molar-refractivity contribution in [2.45, 2.75) is 38.8 Å². The maximum atomic E-state index is 5.54. The van der Waals surface area contributed by atoms with Crippen molar-refractivity contribution in [3.8, 4) is 0 Å². The number of rotatable bonds is 5. The van der Waals surface area contributed by atoms with E-state index in [0.29, 0.717) is 0 Å². The highest BCUT2D eigenvalue weighted by molar-refractivity contribution is 5.06. The van der Waals surface area contributed by atoms with Crippen LogP contribution in [0.3, 0.4) is 0 Å². The number of hydrogen-bond donors (Lipinski definition) is 1. The van der Waals surface area contributed by atoms with Crippen molar-refractivity contribution in [1.29, 1.82) is 0 Å². The summed E-state index contributed by atoms with van der Waals surface area (Å²) in [5, 5.41) is 3.33. The van der Waals surface area contributed by atoms with Gasteiger partial charge in [0.1, 0.15) is 6.10 Å². The first kappa shape index (κ1) is 11.5. The molecule has 1 unspecified atom stereocenters. The van der Waals surface area contributed by atoms with E-state index in [-0.39, 0.29) is 6.10 Å². The van der Waals surface area contributed by atoms with Crippen LogP contribution < -0.4 is 5.32 Å². The van der Waals surface area contributed by atoms with Crippen LogP contribution in [0.5, 0.6) is 0 Å². The first-order valence-electron chi connectivity index (χ1n) is 6.03. The molecule has 0 bridgehead atoms. The zero-order valence-electron chi connectivity index (χ0n) is 9.78. The Balaban J connectivity index is 1.88. The lowest BCUT2D eigenvalue weighted by Crippen LogP contribution is -2.14. The van der Waals surface area contributed by atoms with E-state index < -0.39 is 0 Å². The second kappa shape index (κ2) is 5.92. The van der Waals surface area contributed by atoms with Crippen LogP contribution in [-0.2, 0) is 11.3 Å². The van der Waals surface area contributed by atoms with Crippen molar-refractivity contribution in [1.82, 2.24) is 15.3 Å². The number of hydrogen-bond acceptors (Lipinski definition) is 4. The summed E-state index contributed by atoms with van der Waals surface area (Å²) in [5.74, 6) is 0.830. The van der Waals surface area contributed by atoms with E-state index in [2.05, 4.69) is 22.2 Å². The second-order valence-corrected chi connectivity index (χ2v) is 4.13. The molecule has 0 aromatic carbocycles. The molecule has 1 N–H and O–H groups in total. The third-order valence-electron chi connectivity index (χ3n) is 2.70. The van der Waals surface area contributed by atoms with E-state index in [4.69, 9.17) is 4.74 Å². The van der Waals surface area contributed by atoms with Gasteiger partial charge in [-0.2, -0.15) is 0 Å². The largest absolute Gasteiger partial charge is 0.370 e. The summed E-state index contributed by atoms with van der Waals surface area (Å²) in [4.78, 5) is 8.73. The molecule has 1 saturated heterocycles. The molecular weight excluding hydrogens is 202 g/mol. The predicted octanol–water partition coefficient (Wildman–Crippen LogP) is 1.83. The van der Waals surface area contributed by atoms with Gasteiger partial charge in [-0.1, -0.05) is 6.92 Å². The quantitative estimate of drug-likeness (QED) is 0.770. The summed E-state index contributed by atoms with van der Waals surface area (Å²) < 4.78 is 5.54. The molecule has 1 aromatic heterocycles. The minimum absolute atomic E-state index is 0.123. The maximum absolute atomic E-state index is 5.54. The van der Waals surface area contributed by atoms with Crippen molar-refractivity contribution in [2.75, 3.05) is 13.2 Å². The van der Waals surface area contributed by atoms with Crippen LogP contribution in [0.2, 0.25) is 0 Å². The third-order valence-corrected chi connectivity index (χ3v) is 2.70. The fourth-order valence-corrected chi connectivity index (χ4v) is 1.81. The molecule has 16 heavy (non-hydrogen) atoms. The topological polar surface area (TPSA) is 47.0 Å². The summed E-state index contributed by atoms with van der Waals surface area (Å²) in [6.45, 7) is 4.88. The monoisotopic (exact) mass is 221 g/mol.